The fourth-order valence-corrected chi connectivity index (χ4v) is 1.06. The van der Waals surface area contributed by atoms with E-state index in [1.165, 1.54) is 25.3 Å². The van der Waals surface area contributed by atoms with Gasteiger partial charge in [0.1, 0.15) is 0 Å². The number of phenolic OH excluding ortho intramolecular Hbond substituents is 1. The van der Waals surface area contributed by atoms with Crippen molar-refractivity contribution in [3.8, 4) is 11.5 Å². The molecule has 0 aliphatic carbocycles. The predicted octanol–water partition coefficient (Wildman–Crippen LogP) is 2.17. The van der Waals surface area contributed by atoms with Gasteiger partial charge in [0.15, 0.2) is 17.3 Å². The summed E-state index contributed by atoms with van der Waals surface area (Å²) in [6.07, 6.45) is 4.21. The minimum absolute atomic E-state index is 0.0469. The summed E-state index contributed by atoms with van der Waals surface area (Å²) < 4.78 is 4.89. The Hall–Kier alpha value is -2.03. The van der Waals surface area contributed by atoms with E-state index in [1.807, 2.05) is 0 Å². The van der Waals surface area contributed by atoms with E-state index in [9.17, 15) is 9.90 Å². The molecular formula is C12H12O3. The lowest BCUT2D eigenvalue weighted by Gasteiger charge is -2.02. The standard InChI is InChI=1S/C12H12O3/c1-3-10(13)6-4-9-5-7-12(15-2)11(14)8-9/h3-8,14H,1H2,2H3/b6-4+. The number of phenols is 1. The molecule has 0 aliphatic rings. The first kappa shape index (κ1) is 11.0. The Balaban J connectivity index is 2.88. The fourth-order valence-electron chi connectivity index (χ4n) is 1.06. The van der Waals surface area contributed by atoms with Gasteiger partial charge in [-0.25, -0.2) is 0 Å². The molecule has 3 nitrogen and oxygen atoms in total. The Morgan fingerprint density at radius 1 is 1.53 bits per heavy atom. The predicted molar refractivity (Wildman–Crippen MR) is 58.9 cm³/mol. The van der Waals surface area contributed by atoms with Crippen LogP contribution < -0.4 is 4.74 Å². The van der Waals surface area contributed by atoms with Crippen LogP contribution in [0.3, 0.4) is 0 Å². The van der Waals surface area contributed by atoms with Gasteiger partial charge in [0.2, 0.25) is 0 Å². The molecule has 0 radical (unpaired) electrons. The van der Waals surface area contributed by atoms with Crippen molar-refractivity contribution in [3.63, 3.8) is 0 Å². The molecule has 0 aromatic heterocycles. The highest BCUT2D eigenvalue weighted by Gasteiger charge is 2.00. The highest BCUT2D eigenvalue weighted by atomic mass is 16.5. The van der Waals surface area contributed by atoms with E-state index in [0.29, 0.717) is 5.75 Å². The van der Waals surface area contributed by atoms with E-state index in [1.54, 1.807) is 18.2 Å². The molecule has 1 aromatic rings. The van der Waals surface area contributed by atoms with Crippen molar-refractivity contribution in [2.45, 2.75) is 0 Å². The molecule has 15 heavy (non-hydrogen) atoms. The zero-order chi connectivity index (χ0) is 11.3. The fraction of sp³-hybridized carbons (Fsp3) is 0.0833. The van der Waals surface area contributed by atoms with Gasteiger partial charge < -0.3 is 9.84 Å². The molecule has 0 fully saturated rings. The van der Waals surface area contributed by atoms with Crippen LogP contribution >= 0.6 is 0 Å². The van der Waals surface area contributed by atoms with Gasteiger partial charge in [-0.2, -0.15) is 0 Å². The topological polar surface area (TPSA) is 46.5 Å². The maximum absolute atomic E-state index is 10.9. The van der Waals surface area contributed by atoms with Gasteiger partial charge in [-0.15, -0.1) is 0 Å². The van der Waals surface area contributed by atoms with Gasteiger partial charge in [-0.05, 0) is 29.8 Å². The van der Waals surface area contributed by atoms with Crippen molar-refractivity contribution in [2.24, 2.45) is 0 Å². The molecular weight excluding hydrogens is 192 g/mol. The van der Waals surface area contributed by atoms with E-state index in [4.69, 9.17) is 4.74 Å². The zero-order valence-corrected chi connectivity index (χ0v) is 8.43. The minimum Gasteiger partial charge on any atom is -0.504 e. The average Bonchev–Trinajstić information content (AvgIpc) is 2.26. The minimum atomic E-state index is -0.176. The summed E-state index contributed by atoms with van der Waals surface area (Å²) in [5, 5.41) is 9.45. The van der Waals surface area contributed by atoms with Gasteiger partial charge in [-0.1, -0.05) is 18.7 Å². The first-order valence-electron chi connectivity index (χ1n) is 4.39. The summed E-state index contributed by atoms with van der Waals surface area (Å²) in [4.78, 5) is 10.9. The molecule has 0 saturated heterocycles. The first-order chi connectivity index (χ1) is 7.17. The number of carbonyl (C=O) groups is 1. The quantitative estimate of drug-likeness (QED) is 0.764. The lowest BCUT2D eigenvalue weighted by atomic mass is 10.1. The number of hydrogen-bond donors (Lipinski definition) is 1. The van der Waals surface area contributed by atoms with Crippen LogP contribution in [-0.2, 0) is 4.79 Å². The van der Waals surface area contributed by atoms with Gasteiger partial charge in [0, 0.05) is 0 Å². The molecule has 1 aromatic carbocycles. The third-order valence-electron chi connectivity index (χ3n) is 1.84. The Labute approximate surface area is 88.3 Å². The van der Waals surface area contributed by atoms with Crippen LogP contribution in [0.15, 0.2) is 36.9 Å². The van der Waals surface area contributed by atoms with Crippen molar-refractivity contribution in [3.05, 3.63) is 42.5 Å². The second-order valence-electron chi connectivity index (χ2n) is 2.87. The Bertz CT molecular complexity index is 405. The van der Waals surface area contributed by atoms with Crippen molar-refractivity contribution >= 4 is 11.9 Å². The van der Waals surface area contributed by atoms with Gasteiger partial charge in [0.05, 0.1) is 7.11 Å². The summed E-state index contributed by atoms with van der Waals surface area (Å²) in [6, 6.07) is 4.89. The summed E-state index contributed by atoms with van der Waals surface area (Å²) in [7, 11) is 1.48. The highest BCUT2D eigenvalue weighted by Crippen LogP contribution is 2.26. The lowest BCUT2D eigenvalue weighted by Crippen LogP contribution is -1.85. The van der Waals surface area contributed by atoms with E-state index < -0.39 is 0 Å². The first-order valence-corrected chi connectivity index (χ1v) is 4.39. The third-order valence-corrected chi connectivity index (χ3v) is 1.84. The Morgan fingerprint density at radius 3 is 2.80 bits per heavy atom. The average molecular weight is 204 g/mol. The molecule has 0 amide bonds. The van der Waals surface area contributed by atoms with E-state index in [2.05, 4.69) is 6.58 Å². The van der Waals surface area contributed by atoms with Crippen molar-refractivity contribution in [1.29, 1.82) is 0 Å². The Kier molecular flexibility index (Phi) is 3.68. The highest BCUT2D eigenvalue weighted by molar-refractivity contribution is 6.01. The summed E-state index contributed by atoms with van der Waals surface area (Å²) >= 11 is 0. The van der Waals surface area contributed by atoms with Gasteiger partial charge in [0.25, 0.3) is 0 Å². The number of aromatic hydroxyl groups is 1. The smallest absolute Gasteiger partial charge is 0.178 e. The Morgan fingerprint density at radius 2 is 2.27 bits per heavy atom. The number of benzene rings is 1. The lowest BCUT2D eigenvalue weighted by molar-refractivity contribution is -0.110. The normalized spacial score (nSPS) is 10.2. The van der Waals surface area contributed by atoms with Crippen molar-refractivity contribution in [2.75, 3.05) is 7.11 Å². The van der Waals surface area contributed by atoms with Crippen molar-refractivity contribution < 1.29 is 14.6 Å². The summed E-state index contributed by atoms with van der Waals surface area (Å²) in [5.74, 6) is 0.276. The molecule has 0 heterocycles. The number of allylic oxidation sites excluding steroid dienone is 2. The van der Waals surface area contributed by atoms with E-state index >= 15 is 0 Å². The zero-order valence-electron chi connectivity index (χ0n) is 8.43. The number of ether oxygens (including phenoxy) is 1. The van der Waals surface area contributed by atoms with Crippen LogP contribution in [0.5, 0.6) is 11.5 Å². The monoisotopic (exact) mass is 204 g/mol. The molecule has 0 saturated carbocycles. The largest absolute Gasteiger partial charge is 0.504 e. The SMILES string of the molecule is C=CC(=O)/C=C/c1ccc(OC)c(O)c1. The molecule has 1 N–H and O–H groups in total. The summed E-state index contributed by atoms with van der Waals surface area (Å²) in [6.45, 7) is 3.35. The van der Waals surface area contributed by atoms with Crippen LogP contribution in [0.25, 0.3) is 6.08 Å². The number of ketones is 1. The van der Waals surface area contributed by atoms with Crippen LogP contribution in [0.2, 0.25) is 0 Å². The maximum Gasteiger partial charge on any atom is 0.178 e. The molecule has 0 aliphatic heterocycles. The number of rotatable bonds is 4. The van der Waals surface area contributed by atoms with Crippen LogP contribution in [0, 0.1) is 0 Å². The molecule has 0 spiro atoms. The number of carbonyl (C=O) groups excluding carboxylic acids is 1. The molecule has 3 heteroatoms. The van der Waals surface area contributed by atoms with Gasteiger partial charge in [-0.3, -0.25) is 4.79 Å². The van der Waals surface area contributed by atoms with Crippen LogP contribution in [0.1, 0.15) is 5.56 Å². The van der Waals surface area contributed by atoms with Crippen LogP contribution in [-0.4, -0.2) is 18.0 Å². The molecule has 0 atom stereocenters. The van der Waals surface area contributed by atoms with E-state index in [-0.39, 0.29) is 11.5 Å². The molecule has 78 valence electrons. The number of methoxy groups -OCH3 is 1. The van der Waals surface area contributed by atoms with E-state index in [0.717, 1.165) is 5.56 Å². The molecule has 1 rings (SSSR count). The summed E-state index contributed by atoms with van der Waals surface area (Å²) in [5.41, 5.74) is 0.725. The van der Waals surface area contributed by atoms with Gasteiger partial charge >= 0.3 is 0 Å². The molecule has 0 unspecified atom stereocenters. The second kappa shape index (κ2) is 5.00. The van der Waals surface area contributed by atoms with Crippen LogP contribution in [0.4, 0.5) is 0 Å². The third kappa shape index (κ3) is 2.98. The van der Waals surface area contributed by atoms with Crippen molar-refractivity contribution in [1.82, 2.24) is 0 Å². The maximum atomic E-state index is 10.9. The second-order valence-corrected chi connectivity index (χ2v) is 2.87. The number of hydrogen-bond acceptors (Lipinski definition) is 3. The molecule has 0 bridgehead atoms.